The van der Waals surface area contributed by atoms with Gasteiger partial charge in [-0.3, -0.25) is 4.79 Å². The van der Waals surface area contributed by atoms with E-state index in [0.717, 1.165) is 13.0 Å². The van der Waals surface area contributed by atoms with E-state index in [1.54, 1.807) is 0 Å². The molecule has 3 N–H and O–H groups in total. The van der Waals surface area contributed by atoms with Crippen molar-refractivity contribution in [2.24, 2.45) is 0 Å². The van der Waals surface area contributed by atoms with Crippen molar-refractivity contribution < 1.29 is 45.6 Å². The molecule has 23 heavy (non-hydrogen) atoms. The number of halogens is 7. The number of hydrogen-bond acceptors (Lipinski definition) is 3. The van der Waals surface area contributed by atoms with Crippen molar-refractivity contribution in [2.45, 2.75) is 24.9 Å². The molecule has 128 valence electrons. The lowest BCUT2D eigenvalue weighted by atomic mass is 9.78. The van der Waals surface area contributed by atoms with Crippen LogP contribution in [0.25, 0.3) is 0 Å². The standard InChI is InChI=1S/C11H9BF7NO3/c1-5(21)20-8-3-6(2-7(4-8)12(22)23)9(13,14)10(15,16)11(17,18)19/h2-4,22-23H,1H3,(H,20,21). The Morgan fingerprint density at radius 2 is 1.57 bits per heavy atom. The fourth-order valence-corrected chi connectivity index (χ4v) is 1.62. The van der Waals surface area contributed by atoms with Crippen LogP contribution >= 0.6 is 0 Å². The Kier molecular flexibility index (Phi) is 5.02. The number of rotatable bonds is 4. The first kappa shape index (κ1) is 19.2. The molecule has 12 heteroatoms. The number of carbonyl (C=O) groups excluding carboxylic acids is 1. The van der Waals surface area contributed by atoms with Crippen LogP contribution in [-0.4, -0.2) is 35.2 Å². The Morgan fingerprint density at radius 1 is 1.04 bits per heavy atom. The lowest BCUT2D eigenvalue weighted by Crippen LogP contribution is -2.50. The normalized spacial score (nSPS) is 13.0. The monoisotopic (exact) mass is 347 g/mol. The van der Waals surface area contributed by atoms with Gasteiger partial charge < -0.3 is 15.4 Å². The summed E-state index contributed by atoms with van der Waals surface area (Å²) in [4.78, 5) is 10.9. The molecule has 1 aromatic rings. The van der Waals surface area contributed by atoms with Crippen molar-refractivity contribution in [1.82, 2.24) is 0 Å². The molecule has 0 spiro atoms. The summed E-state index contributed by atoms with van der Waals surface area (Å²) in [6, 6.07) is 1.000. The Hall–Kier alpha value is -1.82. The van der Waals surface area contributed by atoms with E-state index in [1.807, 2.05) is 5.32 Å². The summed E-state index contributed by atoms with van der Waals surface area (Å²) in [5.41, 5.74) is -3.24. The Morgan fingerprint density at radius 3 is 1.96 bits per heavy atom. The minimum absolute atomic E-state index is 0.0790. The molecule has 0 aromatic heterocycles. The second-order valence-electron chi connectivity index (χ2n) is 4.55. The first-order valence-electron chi connectivity index (χ1n) is 5.81. The molecule has 0 saturated carbocycles. The number of carbonyl (C=O) groups is 1. The lowest BCUT2D eigenvalue weighted by molar-refractivity contribution is -0.359. The molecule has 0 atom stereocenters. The third-order valence-electron chi connectivity index (χ3n) is 2.69. The highest BCUT2D eigenvalue weighted by Crippen LogP contribution is 2.51. The summed E-state index contributed by atoms with van der Waals surface area (Å²) in [7, 11) is -2.43. The number of amides is 1. The van der Waals surface area contributed by atoms with Crippen LogP contribution in [0.4, 0.5) is 36.4 Å². The van der Waals surface area contributed by atoms with Gasteiger partial charge in [0.1, 0.15) is 0 Å². The van der Waals surface area contributed by atoms with Gasteiger partial charge in [-0.15, -0.1) is 0 Å². The molecule has 1 aromatic carbocycles. The molecule has 0 saturated heterocycles. The van der Waals surface area contributed by atoms with Gasteiger partial charge in [0.25, 0.3) is 0 Å². The van der Waals surface area contributed by atoms with Gasteiger partial charge in [-0.25, -0.2) is 0 Å². The van der Waals surface area contributed by atoms with Gasteiger partial charge in [0.05, 0.1) is 0 Å². The molecule has 0 radical (unpaired) electrons. The topological polar surface area (TPSA) is 69.6 Å². The van der Waals surface area contributed by atoms with Gasteiger partial charge in [0, 0.05) is 18.2 Å². The largest absolute Gasteiger partial charge is 0.488 e. The van der Waals surface area contributed by atoms with E-state index in [9.17, 15) is 35.5 Å². The van der Waals surface area contributed by atoms with Crippen molar-refractivity contribution in [2.75, 3.05) is 5.32 Å². The quantitative estimate of drug-likeness (QED) is 0.573. The molecule has 0 unspecified atom stereocenters. The zero-order valence-electron chi connectivity index (χ0n) is 11.3. The number of anilines is 1. The summed E-state index contributed by atoms with van der Waals surface area (Å²) >= 11 is 0. The lowest BCUT2D eigenvalue weighted by Gasteiger charge is -2.29. The van der Waals surface area contributed by atoms with Crippen molar-refractivity contribution >= 4 is 24.2 Å². The number of benzene rings is 1. The van der Waals surface area contributed by atoms with Gasteiger partial charge in [-0.1, -0.05) is 6.07 Å². The third-order valence-corrected chi connectivity index (χ3v) is 2.69. The van der Waals surface area contributed by atoms with Crippen LogP contribution in [0.5, 0.6) is 0 Å². The highest BCUT2D eigenvalue weighted by molar-refractivity contribution is 6.58. The molecule has 0 aliphatic heterocycles. The van der Waals surface area contributed by atoms with E-state index >= 15 is 0 Å². The molecule has 1 amide bonds. The predicted molar refractivity (Wildman–Crippen MR) is 65.5 cm³/mol. The van der Waals surface area contributed by atoms with E-state index in [0.29, 0.717) is 0 Å². The minimum atomic E-state index is -6.54. The van der Waals surface area contributed by atoms with Gasteiger partial charge in [0.2, 0.25) is 5.91 Å². The highest BCUT2D eigenvalue weighted by atomic mass is 19.4. The Balaban J connectivity index is 3.51. The van der Waals surface area contributed by atoms with Crippen molar-refractivity contribution in [3.63, 3.8) is 0 Å². The zero-order valence-corrected chi connectivity index (χ0v) is 11.3. The number of hydrogen-bond donors (Lipinski definition) is 3. The fourth-order valence-electron chi connectivity index (χ4n) is 1.62. The van der Waals surface area contributed by atoms with Crippen LogP contribution in [-0.2, 0) is 10.7 Å². The summed E-state index contributed by atoms with van der Waals surface area (Å²) < 4.78 is 89.9. The van der Waals surface area contributed by atoms with Crippen molar-refractivity contribution in [1.29, 1.82) is 0 Å². The van der Waals surface area contributed by atoms with E-state index in [4.69, 9.17) is 10.0 Å². The zero-order chi connectivity index (χ0) is 18.2. The maximum atomic E-state index is 13.6. The second-order valence-corrected chi connectivity index (χ2v) is 4.55. The predicted octanol–water partition coefficient (Wildman–Crippen LogP) is 1.61. The van der Waals surface area contributed by atoms with Gasteiger partial charge in [-0.05, 0) is 17.6 Å². The van der Waals surface area contributed by atoms with Gasteiger partial charge in [-0.2, -0.15) is 30.7 Å². The van der Waals surface area contributed by atoms with Gasteiger partial charge >= 0.3 is 25.1 Å². The SMILES string of the molecule is CC(=O)Nc1cc(B(O)O)cc(C(F)(F)C(F)(F)C(F)(F)F)c1. The van der Waals surface area contributed by atoms with Crippen molar-refractivity contribution in [3.05, 3.63) is 23.8 Å². The van der Waals surface area contributed by atoms with Gasteiger partial charge in [0.15, 0.2) is 0 Å². The fraction of sp³-hybridized carbons (Fsp3) is 0.364. The molecule has 4 nitrogen and oxygen atoms in total. The molecule has 0 bridgehead atoms. The Bertz CT molecular complexity index is 604. The summed E-state index contributed by atoms with van der Waals surface area (Å²) in [5.74, 6) is -13.0. The van der Waals surface area contributed by atoms with E-state index in [1.165, 1.54) is 0 Å². The van der Waals surface area contributed by atoms with Crippen LogP contribution < -0.4 is 10.8 Å². The maximum Gasteiger partial charge on any atom is 0.488 e. The molecule has 0 heterocycles. The van der Waals surface area contributed by atoms with Crippen LogP contribution in [0.2, 0.25) is 0 Å². The van der Waals surface area contributed by atoms with Crippen molar-refractivity contribution in [3.8, 4) is 0 Å². The molecule has 0 aliphatic rings. The smallest absolute Gasteiger partial charge is 0.423 e. The summed E-state index contributed by atoms with van der Waals surface area (Å²) in [6.45, 7) is 0.921. The first-order valence-corrected chi connectivity index (χ1v) is 5.81. The number of alkyl halides is 7. The second kappa shape index (κ2) is 6.00. The third kappa shape index (κ3) is 3.75. The Labute approximate surface area is 125 Å². The average Bonchev–Trinajstić information content (AvgIpc) is 2.35. The van der Waals surface area contributed by atoms with Crippen LogP contribution in [0.15, 0.2) is 18.2 Å². The first-order chi connectivity index (χ1) is 10.2. The highest BCUT2D eigenvalue weighted by Gasteiger charge is 2.73. The summed E-state index contributed by atoms with van der Waals surface area (Å²) in [6.07, 6.45) is -6.54. The van der Waals surface area contributed by atoms with Crippen LogP contribution in [0.1, 0.15) is 12.5 Å². The average molecular weight is 347 g/mol. The molecular formula is C11H9BF7NO3. The minimum Gasteiger partial charge on any atom is -0.423 e. The van der Waals surface area contributed by atoms with Crippen LogP contribution in [0, 0.1) is 0 Å². The van der Waals surface area contributed by atoms with E-state index < -0.39 is 47.8 Å². The molecule has 0 aliphatic carbocycles. The number of nitrogens with one attached hydrogen (secondary N) is 1. The maximum absolute atomic E-state index is 13.6. The van der Waals surface area contributed by atoms with Crippen LogP contribution in [0.3, 0.4) is 0 Å². The molecular weight excluding hydrogens is 338 g/mol. The molecule has 0 fully saturated rings. The van der Waals surface area contributed by atoms with E-state index in [2.05, 4.69) is 0 Å². The summed E-state index contributed by atoms with van der Waals surface area (Å²) in [5, 5.41) is 19.7. The molecule has 1 rings (SSSR count). The van der Waals surface area contributed by atoms with E-state index in [-0.39, 0.29) is 12.1 Å².